The number of anilines is 1. The average Bonchev–Trinajstić information content (AvgIpc) is 2.46. The van der Waals surface area contributed by atoms with E-state index < -0.39 is 5.92 Å². The molecule has 1 aromatic rings. The second-order valence-electron chi connectivity index (χ2n) is 4.99. The Balaban J connectivity index is 2.29. The number of hydrogen-bond acceptors (Lipinski definition) is 2. The molecule has 1 aliphatic heterocycles. The molecule has 0 spiro atoms. The molecule has 19 heavy (non-hydrogen) atoms. The van der Waals surface area contributed by atoms with Crippen molar-refractivity contribution in [1.82, 2.24) is 0 Å². The first-order valence-electron chi connectivity index (χ1n) is 7.11. The maximum atomic E-state index is 12.5. The molecule has 1 fully saturated rings. The van der Waals surface area contributed by atoms with Gasteiger partial charge < -0.3 is 4.90 Å². The monoisotopic (exact) mass is 259 g/mol. The minimum Gasteiger partial charge on any atom is -0.312 e. The molecule has 1 heterocycles. The molecule has 1 atom stereocenters. The molecule has 0 unspecified atom stereocenters. The molecule has 0 aliphatic carbocycles. The van der Waals surface area contributed by atoms with Gasteiger partial charge in [0.15, 0.2) is 0 Å². The van der Waals surface area contributed by atoms with E-state index in [9.17, 15) is 9.59 Å². The Morgan fingerprint density at radius 1 is 1.32 bits per heavy atom. The van der Waals surface area contributed by atoms with Crippen LogP contribution in [0.3, 0.4) is 0 Å². The van der Waals surface area contributed by atoms with Crippen molar-refractivity contribution in [2.24, 2.45) is 5.92 Å². The molecule has 2 rings (SSSR count). The second-order valence-corrected chi connectivity index (χ2v) is 4.99. The van der Waals surface area contributed by atoms with Gasteiger partial charge in [-0.1, -0.05) is 32.0 Å². The van der Waals surface area contributed by atoms with Gasteiger partial charge in [0.25, 0.3) is 0 Å². The highest BCUT2D eigenvalue weighted by Gasteiger charge is 2.34. The molecule has 0 saturated carbocycles. The third kappa shape index (κ3) is 2.70. The van der Waals surface area contributed by atoms with E-state index in [1.165, 1.54) is 5.56 Å². The van der Waals surface area contributed by atoms with Crippen LogP contribution in [0.5, 0.6) is 0 Å². The van der Waals surface area contributed by atoms with Crippen LogP contribution in [-0.2, 0) is 16.0 Å². The zero-order valence-corrected chi connectivity index (χ0v) is 11.7. The van der Waals surface area contributed by atoms with Gasteiger partial charge in [-0.05, 0) is 30.9 Å². The summed E-state index contributed by atoms with van der Waals surface area (Å²) in [4.78, 5) is 26.2. The van der Waals surface area contributed by atoms with Gasteiger partial charge in [-0.25, -0.2) is 0 Å². The molecule has 0 bridgehead atoms. The summed E-state index contributed by atoms with van der Waals surface area (Å²) < 4.78 is 0. The summed E-state index contributed by atoms with van der Waals surface area (Å²) in [5.74, 6) is -0.369. The number of ketones is 1. The van der Waals surface area contributed by atoms with E-state index in [1.807, 2.05) is 31.2 Å². The summed E-state index contributed by atoms with van der Waals surface area (Å²) >= 11 is 0. The smallest absolute Gasteiger partial charge is 0.237 e. The summed E-state index contributed by atoms with van der Waals surface area (Å²) in [7, 11) is 0. The maximum absolute atomic E-state index is 12.5. The van der Waals surface area contributed by atoms with Crippen LogP contribution in [-0.4, -0.2) is 18.2 Å². The normalized spacial score (nSPS) is 19.6. The standard InChI is InChI=1S/C16H21NO2/c1-3-12-8-5-6-10-14(12)17-11-7-9-13(16(17)19)15(18)4-2/h5-6,8,10,13H,3-4,7,9,11H2,1-2H3/t13-/m0/s1. The van der Waals surface area contributed by atoms with Crippen molar-refractivity contribution < 1.29 is 9.59 Å². The summed E-state index contributed by atoms with van der Waals surface area (Å²) in [6.07, 6.45) is 2.95. The number of carbonyl (C=O) groups excluding carboxylic acids is 2. The largest absolute Gasteiger partial charge is 0.312 e. The number of rotatable bonds is 4. The summed E-state index contributed by atoms with van der Waals surface area (Å²) in [5, 5.41) is 0. The van der Waals surface area contributed by atoms with E-state index in [1.54, 1.807) is 4.90 Å². The number of nitrogens with zero attached hydrogens (tertiary/aromatic N) is 1. The molecule has 1 aromatic carbocycles. The fourth-order valence-corrected chi connectivity index (χ4v) is 2.73. The Hall–Kier alpha value is -1.64. The first kappa shape index (κ1) is 13.8. The summed E-state index contributed by atoms with van der Waals surface area (Å²) in [6, 6.07) is 7.97. The zero-order valence-electron chi connectivity index (χ0n) is 11.7. The summed E-state index contributed by atoms with van der Waals surface area (Å²) in [5.41, 5.74) is 2.14. The lowest BCUT2D eigenvalue weighted by atomic mass is 9.91. The van der Waals surface area contributed by atoms with Crippen LogP contribution in [0.15, 0.2) is 24.3 Å². The molecule has 0 aromatic heterocycles. The van der Waals surface area contributed by atoms with Crippen LogP contribution in [0, 0.1) is 5.92 Å². The Bertz CT molecular complexity index is 481. The Morgan fingerprint density at radius 2 is 2.05 bits per heavy atom. The van der Waals surface area contributed by atoms with Gasteiger partial charge in [-0.3, -0.25) is 9.59 Å². The van der Waals surface area contributed by atoms with Crippen molar-refractivity contribution >= 4 is 17.4 Å². The third-order valence-electron chi connectivity index (χ3n) is 3.84. The van der Waals surface area contributed by atoms with Gasteiger partial charge in [-0.2, -0.15) is 0 Å². The van der Waals surface area contributed by atoms with Gasteiger partial charge in [0.05, 0.1) is 5.92 Å². The number of aryl methyl sites for hydroxylation is 1. The Kier molecular flexibility index (Phi) is 4.35. The number of hydrogen-bond donors (Lipinski definition) is 0. The highest BCUT2D eigenvalue weighted by atomic mass is 16.2. The predicted octanol–water partition coefficient (Wildman–Crippen LogP) is 2.97. The predicted molar refractivity (Wildman–Crippen MR) is 76.2 cm³/mol. The minimum atomic E-state index is -0.427. The molecule has 3 nitrogen and oxygen atoms in total. The fraction of sp³-hybridized carbons (Fsp3) is 0.500. The van der Waals surface area contributed by atoms with E-state index in [-0.39, 0.29) is 11.7 Å². The van der Waals surface area contributed by atoms with Crippen LogP contribution in [0.1, 0.15) is 38.7 Å². The van der Waals surface area contributed by atoms with Gasteiger partial charge in [0.2, 0.25) is 5.91 Å². The van der Waals surface area contributed by atoms with Crippen molar-refractivity contribution in [1.29, 1.82) is 0 Å². The van der Waals surface area contributed by atoms with Crippen LogP contribution < -0.4 is 4.90 Å². The first-order valence-corrected chi connectivity index (χ1v) is 7.11. The first-order chi connectivity index (χ1) is 9.19. The molecule has 102 valence electrons. The molecular weight excluding hydrogens is 238 g/mol. The second kappa shape index (κ2) is 6.00. The highest BCUT2D eigenvalue weighted by molar-refractivity contribution is 6.09. The van der Waals surface area contributed by atoms with Crippen molar-refractivity contribution in [3.8, 4) is 0 Å². The van der Waals surface area contributed by atoms with Crippen LogP contribution in [0.4, 0.5) is 5.69 Å². The van der Waals surface area contributed by atoms with Crippen LogP contribution in [0.25, 0.3) is 0 Å². The lowest BCUT2D eigenvalue weighted by molar-refractivity contribution is -0.133. The number of amides is 1. The number of carbonyl (C=O) groups is 2. The summed E-state index contributed by atoms with van der Waals surface area (Å²) in [6.45, 7) is 4.64. The minimum absolute atomic E-state index is 0.0148. The maximum Gasteiger partial charge on any atom is 0.237 e. The zero-order chi connectivity index (χ0) is 13.8. The van der Waals surface area contributed by atoms with Gasteiger partial charge >= 0.3 is 0 Å². The molecule has 0 N–H and O–H groups in total. The van der Waals surface area contributed by atoms with Gasteiger partial charge in [0, 0.05) is 18.7 Å². The Labute approximate surface area is 114 Å². The van der Waals surface area contributed by atoms with E-state index in [0.717, 1.165) is 25.1 Å². The van der Waals surface area contributed by atoms with Crippen molar-refractivity contribution in [3.63, 3.8) is 0 Å². The van der Waals surface area contributed by atoms with E-state index in [4.69, 9.17) is 0 Å². The Morgan fingerprint density at radius 3 is 2.74 bits per heavy atom. The van der Waals surface area contributed by atoms with Crippen molar-refractivity contribution in [3.05, 3.63) is 29.8 Å². The van der Waals surface area contributed by atoms with Gasteiger partial charge in [0.1, 0.15) is 5.78 Å². The molecule has 3 heteroatoms. The van der Waals surface area contributed by atoms with Crippen LogP contribution >= 0.6 is 0 Å². The third-order valence-corrected chi connectivity index (χ3v) is 3.84. The lowest BCUT2D eigenvalue weighted by Crippen LogP contribution is -2.44. The average molecular weight is 259 g/mol. The molecule has 0 radical (unpaired) electrons. The molecular formula is C16H21NO2. The molecule has 1 saturated heterocycles. The lowest BCUT2D eigenvalue weighted by Gasteiger charge is -2.32. The van der Waals surface area contributed by atoms with E-state index in [2.05, 4.69) is 6.92 Å². The van der Waals surface area contributed by atoms with Gasteiger partial charge in [-0.15, -0.1) is 0 Å². The molecule has 1 amide bonds. The molecule has 1 aliphatic rings. The van der Waals surface area contributed by atoms with Crippen molar-refractivity contribution in [2.45, 2.75) is 39.5 Å². The van der Waals surface area contributed by atoms with Crippen LogP contribution in [0.2, 0.25) is 0 Å². The number of Topliss-reactive ketones (excluding diaryl/α,β-unsaturated/α-hetero) is 1. The number of benzene rings is 1. The fourth-order valence-electron chi connectivity index (χ4n) is 2.73. The van der Waals surface area contributed by atoms with E-state index in [0.29, 0.717) is 12.8 Å². The van der Waals surface area contributed by atoms with Crippen molar-refractivity contribution in [2.75, 3.05) is 11.4 Å². The number of piperidine rings is 1. The quantitative estimate of drug-likeness (QED) is 0.780. The topological polar surface area (TPSA) is 37.4 Å². The number of para-hydroxylation sites is 1. The van der Waals surface area contributed by atoms with E-state index >= 15 is 0 Å². The SMILES string of the molecule is CCC(=O)[C@@H]1CCCN(c2ccccc2CC)C1=O. The highest BCUT2D eigenvalue weighted by Crippen LogP contribution is 2.28.